The van der Waals surface area contributed by atoms with E-state index >= 15 is 0 Å². The maximum atomic E-state index is 6.30. The highest BCUT2D eigenvalue weighted by molar-refractivity contribution is 5.63. The van der Waals surface area contributed by atoms with Gasteiger partial charge in [-0.05, 0) is 13.1 Å². The lowest BCUT2D eigenvalue weighted by atomic mass is 9.64. The van der Waals surface area contributed by atoms with Gasteiger partial charge in [0.15, 0.2) is 0 Å². The van der Waals surface area contributed by atoms with Gasteiger partial charge in [-0.3, -0.25) is 4.68 Å². The second-order valence-corrected chi connectivity index (χ2v) is 7.00. The number of aryl methyl sites for hydroxylation is 1. The minimum atomic E-state index is 0.0672. The number of nitrogens with zero attached hydrogens (tertiary/aromatic N) is 5. The molecule has 0 radical (unpaired) electrons. The fourth-order valence-corrected chi connectivity index (χ4v) is 3.39. The van der Waals surface area contributed by atoms with E-state index in [0.29, 0.717) is 11.9 Å². The largest absolute Gasteiger partial charge is 0.472 e. The van der Waals surface area contributed by atoms with Crippen molar-refractivity contribution in [1.82, 2.24) is 29.7 Å². The van der Waals surface area contributed by atoms with Crippen molar-refractivity contribution in [3.05, 3.63) is 30.9 Å². The number of rotatable bonds is 4. The summed E-state index contributed by atoms with van der Waals surface area (Å²) in [4.78, 5) is 4.74. The molecule has 24 heavy (non-hydrogen) atoms. The molecule has 0 bridgehead atoms. The van der Waals surface area contributed by atoms with Crippen LogP contribution < -0.4 is 10.1 Å². The fraction of sp³-hybridized carbons (Fsp3) is 0.471. The molecule has 126 valence electrons. The van der Waals surface area contributed by atoms with Crippen LogP contribution in [0.4, 0.5) is 0 Å². The summed E-state index contributed by atoms with van der Waals surface area (Å²) in [6.07, 6.45) is 8.51. The quantitative estimate of drug-likeness (QED) is 0.793. The van der Waals surface area contributed by atoms with Gasteiger partial charge in [0, 0.05) is 36.7 Å². The van der Waals surface area contributed by atoms with Crippen LogP contribution in [0.5, 0.6) is 5.88 Å². The summed E-state index contributed by atoms with van der Waals surface area (Å²) < 4.78 is 9.87. The highest BCUT2D eigenvalue weighted by Gasteiger charge is 2.49. The minimum Gasteiger partial charge on any atom is -0.472 e. The van der Waals surface area contributed by atoms with Gasteiger partial charge in [0.25, 0.3) is 0 Å². The maximum absolute atomic E-state index is 6.30. The molecule has 3 aromatic rings. The molecule has 1 N–H and O–H groups in total. The van der Waals surface area contributed by atoms with Crippen molar-refractivity contribution in [2.75, 3.05) is 7.05 Å². The first-order chi connectivity index (χ1) is 11.5. The van der Waals surface area contributed by atoms with Gasteiger partial charge in [0.05, 0.1) is 24.3 Å². The molecule has 3 aromatic heterocycles. The number of hydrogen-bond donors (Lipinski definition) is 1. The predicted molar refractivity (Wildman–Crippen MR) is 90.9 cm³/mol. The molecule has 0 saturated heterocycles. The van der Waals surface area contributed by atoms with Crippen molar-refractivity contribution in [3.63, 3.8) is 0 Å². The molecule has 0 spiro atoms. The molecule has 4 rings (SSSR count). The van der Waals surface area contributed by atoms with Crippen molar-refractivity contribution in [3.8, 4) is 17.1 Å². The Kier molecular flexibility index (Phi) is 3.35. The Morgan fingerprint density at radius 2 is 2.12 bits per heavy atom. The third-order valence-electron chi connectivity index (χ3n) is 5.14. The Morgan fingerprint density at radius 3 is 2.79 bits per heavy atom. The lowest BCUT2D eigenvalue weighted by Gasteiger charge is -2.51. The average molecular weight is 326 g/mol. The van der Waals surface area contributed by atoms with E-state index in [1.807, 2.05) is 37.1 Å². The molecule has 3 heterocycles. The van der Waals surface area contributed by atoms with E-state index in [1.54, 1.807) is 17.1 Å². The smallest absolute Gasteiger partial charge is 0.240 e. The summed E-state index contributed by atoms with van der Waals surface area (Å²) in [6.45, 7) is 4.45. The fourth-order valence-electron chi connectivity index (χ4n) is 3.39. The van der Waals surface area contributed by atoms with E-state index in [4.69, 9.17) is 9.72 Å². The number of ether oxygens (including phenoxy) is 1. The van der Waals surface area contributed by atoms with E-state index in [9.17, 15) is 0 Å². The van der Waals surface area contributed by atoms with Gasteiger partial charge in [-0.25, -0.2) is 9.50 Å². The first kappa shape index (κ1) is 15.1. The number of hydrogen-bond acceptors (Lipinski definition) is 5. The van der Waals surface area contributed by atoms with Gasteiger partial charge in [-0.1, -0.05) is 13.8 Å². The van der Waals surface area contributed by atoms with Gasteiger partial charge < -0.3 is 10.1 Å². The van der Waals surface area contributed by atoms with Crippen molar-refractivity contribution < 1.29 is 4.74 Å². The Morgan fingerprint density at radius 1 is 1.29 bits per heavy atom. The number of nitrogens with one attached hydrogen (secondary N) is 1. The zero-order valence-corrected chi connectivity index (χ0v) is 14.4. The van der Waals surface area contributed by atoms with Crippen LogP contribution in [-0.2, 0) is 7.05 Å². The molecule has 1 aliphatic carbocycles. The molecule has 0 amide bonds. The van der Waals surface area contributed by atoms with Crippen LogP contribution in [0.25, 0.3) is 16.8 Å². The van der Waals surface area contributed by atoms with Gasteiger partial charge in [0.1, 0.15) is 11.6 Å². The van der Waals surface area contributed by atoms with Gasteiger partial charge in [-0.2, -0.15) is 10.2 Å². The lowest BCUT2D eigenvalue weighted by Crippen LogP contribution is -2.61. The van der Waals surface area contributed by atoms with Crippen LogP contribution in [0.1, 0.15) is 20.3 Å². The molecule has 1 aliphatic rings. The topological polar surface area (TPSA) is 69.3 Å². The summed E-state index contributed by atoms with van der Waals surface area (Å²) in [6, 6.07) is 2.39. The van der Waals surface area contributed by atoms with Crippen molar-refractivity contribution in [1.29, 1.82) is 0 Å². The molecular formula is C17H22N6O. The van der Waals surface area contributed by atoms with E-state index in [-0.39, 0.29) is 11.5 Å². The third-order valence-corrected chi connectivity index (χ3v) is 5.14. The molecule has 1 fully saturated rings. The Labute approximate surface area is 140 Å². The van der Waals surface area contributed by atoms with Crippen LogP contribution in [0.2, 0.25) is 0 Å². The summed E-state index contributed by atoms with van der Waals surface area (Å²) >= 11 is 0. The molecule has 0 aliphatic heterocycles. The predicted octanol–water partition coefficient (Wildman–Crippen LogP) is 1.90. The van der Waals surface area contributed by atoms with Crippen LogP contribution in [0.15, 0.2) is 30.9 Å². The van der Waals surface area contributed by atoms with E-state index < -0.39 is 0 Å². The van der Waals surface area contributed by atoms with E-state index in [1.165, 1.54) is 0 Å². The third kappa shape index (κ3) is 2.27. The zero-order chi connectivity index (χ0) is 16.9. The standard InChI is InChI=1S/C17H22N6O/c1-17(2)14(18-3)7-15(17)24-16-13-5-6-19-23(13)10-12(21-16)11-8-20-22(4)9-11/h5-6,8-10,14-15,18H,7H2,1-4H3/t14-,15-/m0/s1. The second-order valence-electron chi connectivity index (χ2n) is 7.00. The summed E-state index contributed by atoms with van der Waals surface area (Å²) in [5.74, 6) is 0.626. The maximum Gasteiger partial charge on any atom is 0.240 e. The van der Waals surface area contributed by atoms with Crippen LogP contribution in [0.3, 0.4) is 0 Å². The van der Waals surface area contributed by atoms with Gasteiger partial charge >= 0.3 is 0 Å². The first-order valence-electron chi connectivity index (χ1n) is 8.16. The van der Waals surface area contributed by atoms with Gasteiger partial charge in [0.2, 0.25) is 5.88 Å². The second kappa shape index (κ2) is 5.31. The first-order valence-corrected chi connectivity index (χ1v) is 8.16. The molecule has 7 heteroatoms. The molecule has 0 aromatic carbocycles. The van der Waals surface area contributed by atoms with E-state index in [2.05, 4.69) is 29.4 Å². The Bertz CT molecular complexity index is 880. The number of aromatic nitrogens is 5. The normalized spacial score (nSPS) is 22.5. The molecule has 1 saturated carbocycles. The molecule has 2 atom stereocenters. The Balaban J connectivity index is 1.71. The van der Waals surface area contributed by atoms with E-state index in [0.717, 1.165) is 23.2 Å². The summed E-state index contributed by atoms with van der Waals surface area (Å²) in [5, 5.41) is 11.9. The summed E-state index contributed by atoms with van der Waals surface area (Å²) in [7, 11) is 3.89. The zero-order valence-electron chi connectivity index (χ0n) is 14.4. The summed E-state index contributed by atoms with van der Waals surface area (Å²) in [5.41, 5.74) is 2.70. The van der Waals surface area contributed by atoms with Gasteiger partial charge in [-0.15, -0.1) is 0 Å². The number of fused-ring (bicyclic) bond motifs is 1. The van der Waals surface area contributed by atoms with Crippen molar-refractivity contribution in [2.24, 2.45) is 12.5 Å². The van der Waals surface area contributed by atoms with Crippen LogP contribution in [0, 0.1) is 5.41 Å². The Hall–Kier alpha value is -2.41. The monoisotopic (exact) mass is 326 g/mol. The van der Waals surface area contributed by atoms with Crippen molar-refractivity contribution in [2.45, 2.75) is 32.4 Å². The highest BCUT2D eigenvalue weighted by atomic mass is 16.5. The molecule has 7 nitrogen and oxygen atoms in total. The lowest BCUT2D eigenvalue weighted by molar-refractivity contribution is -0.0536. The van der Waals surface area contributed by atoms with Crippen LogP contribution >= 0.6 is 0 Å². The molecular weight excluding hydrogens is 304 g/mol. The SMILES string of the molecule is CN[C@H]1C[C@H](Oc2nc(-c3cnn(C)c3)cn3nccc23)C1(C)C. The minimum absolute atomic E-state index is 0.0672. The molecule has 0 unspecified atom stereocenters. The average Bonchev–Trinajstić information content (AvgIpc) is 3.19. The van der Waals surface area contributed by atoms with Crippen molar-refractivity contribution >= 4 is 5.52 Å². The van der Waals surface area contributed by atoms with Crippen LogP contribution in [-0.4, -0.2) is 43.6 Å². The highest BCUT2D eigenvalue weighted by Crippen LogP contribution is 2.43.